The number of ether oxygens (including phenoxy) is 1. The van der Waals surface area contributed by atoms with Crippen molar-refractivity contribution in [1.82, 2.24) is 0 Å². The molecule has 1 aliphatic carbocycles. The van der Waals surface area contributed by atoms with Crippen molar-refractivity contribution >= 4 is 5.97 Å². The van der Waals surface area contributed by atoms with E-state index in [1.54, 1.807) is 6.08 Å². The number of rotatable bonds is 9. The van der Waals surface area contributed by atoms with Crippen LogP contribution in [0.1, 0.15) is 46.0 Å². The summed E-state index contributed by atoms with van der Waals surface area (Å²) in [7, 11) is 0. The minimum Gasteiger partial charge on any atom is -0.478 e. The van der Waals surface area contributed by atoms with E-state index in [2.05, 4.69) is 6.92 Å². The van der Waals surface area contributed by atoms with Crippen molar-refractivity contribution < 1.29 is 30.0 Å². The Morgan fingerprint density at radius 1 is 1.32 bits per heavy atom. The molecule has 0 spiro atoms. The van der Waals surface area contributed by atoms with Crippen LogP contribution in [0.5, 0.6) is 0 Å². The Balaban J connectivity index is 2.19. The molecule has 2 aliphatic rings. The van der Waals surface area contributed by atoms with Gasteiger partial charge in [0, 0.05) is 12.0 Å². The normalized spacial score (nSPS) is 32.2. The van der Waals surface area contributed by atoms with Crippen molar-refractivity contribution in [2.24, 2.45) is 0 Å². The van der Waals surface area contributed by atoms with E-state index < -0.39 is 29.9 Å². The first-order valence-electron chi connectivity index (χ1n) is 8.83. The predicted molar refractivity (Wildman–Crippen MR) is 93.0 cm³/mol. The molecule has 1 aliphatic heterocycles. The molecule has 0 bridgehead atoms. The zero-order chi connectivity index (χ0) is 18.6. The Morgan fingerprint density at radius 3 is 2.64 bits per heavy atom. The van der Waals surface area contributed by atoms with Gasteiger partial charge in [-0.2, -0.15) is 0 Å². The Labute approximate surface area is 148 Å². The molecule has 1 saturated heterocycles. The monoisotopic (exact) mass is 352 g/mol. The molecule has 2 rings (SSSR count). The fourth-order valence-electron chi connectivity index (χ4n) is 3.33. The summed E-state index contributed by atoms with van der Waals surface area (Å²) in [5.74, 6) is -1.03. The van der Waals surface area contributed by atoms with Crippen LogP contribution in [0.15, 0.2) is 34.9 Å². The second-order valence-corrected chi connectivity index (χ2v) is 6.77. The van der Waals surface area contributed by atoms with Crippen LogP contribution in [-0.2, 0) is 9.53 Å². The average molecular weight is 352 g/mol. The molecule has 0 aromatic heterocycles. The Hall–Kier alpha value is -1.47. The van der Waals surface area contributed by atoms with Crippen molar-refractivity contribution in [3.8, 4) is 0 Å². The topological polar surface area (TPSA) is 111 Å². The maximum absolute atomic E-state index is 11.0. The number of carbonyl (C=O) groups is 1. The molecule has 0 saturated carbocycles. The summed E-state index contributed by atoms with van der Waals surface area (Å²) in [6.45, 7) is 3.25. The molecule has 1 fully saturated rings. The van der Waals surface area contributed by atoms with E-state index in [1.807, 2.05) is 6.08 Å². The predicted octanol–water partition coefficient (Wildman–Crippen LogP) is 1.71. The second-order valence-electron chi connectivity index (χ2n) is 6.77. The third-order valence-electron chi connectivity index (χ3n) is 5.05. The summed E-state index contributed by atoms with van der Waals surface area (Å²) < 4.78 is 5.60. The standard InChI is InChI=1S/C19H28O6/c1-3-4-5-6-7-8-13-14(11-20)15(21)17-19(25-17,16(13)22)10-9-12(2)18(23)24/h7-9,15-17,20-22H,3-6,10-11H2,1-2H3,(H,23,24)/b8-7+,12-9+/t15-,16+,17-,19+/m1/s1. The number of epoxide rings is 1. The van der Waals surface area contributed by atoms with Crippen LogP contribution in [0.4, 0.5) is 0 Å². The maximum Gasteiger partial charge on any atom is 0.330 e. The van der Waals surface area contributed by atoms with Crippen molar-refractivity contribution in [2.75, 3.05) is 6.61 Å². The second kappa shape index (κ2) is 8.27. The Bertz CT molecular complexity index is 591. The van der Waals surface area contributed by atoms with E-state index in [1.165, 1.54) is 13.0 Å². The van der Waals surface area contributed by atoms with Crippen molar-refractivity contribution in [2.45, 2.75) is 69.9 Å². The fraction of sp³-hybridized carbons (Fsp3) is 0.632. The van der Waals surface area contributed by atoms with Crippen molar-refractivity contribution in [3.05, 3.63) is 34.9 Å². The number of fused-ring (bicyclic) bond motifs is 1. The highest BCUT2D eigenvalue weighted by molar-refractivity contribution is 5.85. The molecule has 4 atom stereocenters. The van der Waals surface area contributed by atoms with Crippen molar-refractivity contribution in [3.63, 3.8) is 0 Å². The SMILES string of the molecule is CCCCC/C=C/C1=C(CO)[C@@H](O)[C@H]2O[C@@]2(C/C=C(\C)C(=O)O)[C@H]1O. The fourth-order valence-corrected chi connectivity index (χ4v) is 3.33. The number of allylic oxidation sites excluding steroid dienone is 1. The summed E-state index contributed by atoms with van der Waals surface area (Å²) in [5, 5.41) is 39.8. The molecule has 140 valence electrons. The highest BCUT2D eigenvalue weighted by Gasteiger charge is 2.67. The molecule has 6 heteroatoms. The number of aliphatic hydroxyl groups is 3. The summed E-state index contributed by atoms with van der Waals surface area (Å²) in [6.07, 6.45) is 6.89. The molecule has 0 aromatic rings. The number of aliphatic hydroxyl groups excluding tert-OH is 3. The largest absolute Gasteiger partial charge is 0.478 e. The maximum atomic E-state index is 11.0. The van der Waals surface area contributed by atoms with Gasteiger partial charge in [-0.3, -0.25) is 0 Å². The lowest BCUT2D eigenvalue weighted by Gasteiger charge is -2.29. The lowest BCUT2D eigenvalue weighted by atomic mass is 9.77. The van der Waals surface area contributed by atoms with E-state index in [0.717, 1.165) is 25.7 Å². The molecule has 0 unspecified atom stereocenters. The van der Waals surface area contributed by atoms with E-state index >= 15 is 0 Å². The van der Waals surface area contributed by atoms with Crippen LogP contribution in [0.25, 0.3) is 0 Å². The number of carboxylic acid groups (broad SMARTS) is 1. The van der Waals surface area contributed by atoms with Gasteiger partial charge in [-0.1, -0.05) is 38.0 Å². The first-order valence-corrected chi connectivity index (χ1v) is 8.83. The van der Waals surface area contributed by atoms with Crippen LogP contribution in [0.2, 0.25) is 0 Å². The molecule has 6 nitrogen and oxygen atoms in total. The van der Waals surface area contributed by atoms with E-state index in [-0.39, 0.29) is 18.6 Å². The van der Waals surface area contributed by atoms with Gasteiger partial charge in [-0.05, 0) is 30.9 Å². The quantitative estimate of drug-likeness (QED) is 0.286. The number of aliphatic carboxylic acids is 1. The lowest BCUT2D eigenvalue weighted by molar-refractivity contribution is -0.132. The van der Waals surface area contributed by atoms with Crippen LogP contribution >= 0.6 is 0 Å². The van der Waals surface area contributed by atoms with Crippen LogP contribution < -0.4 is 0 Å². The van der Waals surface area contributed by atoms with E-state index in [0.29, 0.717) is 11.1 Å². The van der Waals surface area contributed by atoms with Crippen LogP contribution in [0, 0.1) is 0 Å². The zero-order valence-corrected chi connectivity index (χ0v) is 14.8. The first kappa shape index (κ1) is 19.8. The van der Waals surface area contributed by atoms with Crippen LogP contribution in [-0.4, -0.2) is 56.9 Å². The van der Waals surface area contributed by atoms with Crippen LogP contribution in [0.3, 0.4) is 0 Å². The Morgan fingerprint density at radius 2 is 2.04 bits per heavy atom. The zero-order valence-electron chi connectivity index (χ0n) is 14.8. The third kappa shape index (κ3) is 4.03. The van der Waals surface area contributed by atoms with Gasteiger partial charge in [-0.25, -0.2) is 4.79 Å². The molecule has 25 heavy (non-hydrogen) atoms. The van der Waals surface area contributed by atoms with Crippen molar-refractivity contribution in [1.29, 1.82) is 0 Å². The summed E-state index contributed by atoms with van der Waals surface area (Å²) >= 11 is 0. The van der Waals surface area contributed by atoms with Gasteiger partial charge in [0.2, 0.25) is 0 Å². The van der Waals surface area contributed by atoms with E-state index in [4.69, 9.17) is 9.84 Å². The molecule has 0 amide bonds. The Kier molecular flexibility index (Phi) is 6.57. The number of hydrogen-bond acceptors (Lipinski definition) is 5. The third-order valence-corrected chi connectivity index (χ3v) is 5.05. The van der Waals surface area contributed by atoms with Gasteiger partial charge >= 0.3 is 5.97 Å². The molecule has 0 radical (unpaired) electrons. The first-order chi connectivity index (χ1) is 11.9. The number of hydrogen-bond donors (Lipinski definition) is 4. The number of carboxylic acids is 1. The van der Waals surface area contributed by atoms with Gasteiger partial charge in [-0.15, -0.1) is 0 Å². The molecular formula is C19H28O6. The molecule has 1 heterocycles. The summed E-state index contributed by atoms with van der Waals surface area (Å²) in [5.41, 5.74) is -0.00502. The average Bonchev–Trinajstić information content (AvgIpc) is 3.33. The van der Waals surface area contributed by atoms with E-state index in [9.17, 15) is 20.1 Å². The van der Waals surface area contributed by atoms with Gasteiger partial charge in [0.1, 0.15) is 23.9 Å². The highest BCUT2D eigenvalue weighted by Crippen LogP contribution is 2.52. The smallest absolute Gasteiger partial charge is 0.330 e. The summed E-state index contributed by atoms with van der Waals surface area (Å²) in [4.78, 5) is 11.0. The molecule has 4 N–H and O–H groups in total. The summed E-state index contributed by atoms with van der Waals surface area (Å²) in [6, 6.07) is 0. The van der Waals surface area contributed by atoms with Gasteiger partial charge in [0.05, 0.1) is 6.61 Å². The lowest BCUT2D eigenvalue weighted by Crippen LogP contribution is -2.43. The van der Waals surface area contributed by atoms with Gasteiger partial charge < -0.3 is 25.2 Å². The minimum absolute atomic E-state index is 0.166. The minimum atomic E-state index is -1.03. The van der Waals surface area contributed by atoms with Gasteiger partial charge in [0.25, 0.3) is 0 Å². The number of unbranched alkanes of at least 4 members (excludes halogenated alkanes) is 3. The highest BCUT2D eigenvalue weighted by atomic mass is 16.6. The molecule has 0 aromatic carbocycles. The van der Waals surface area contributed by atoms with Gasteiger partial charge in [0.15, 0.2) is 0 Å². The molecular weight excluding hydrogens is 324 g/mol.